The molecule has 1 N–H and O–H groups in total. The van der Waals surface area contributed by atoms with Gasteiger partial charge in [-0.2, -0.15) is 9.57 Å². The van der Waals surface area contributed by atoms with Crippen LogP contribution < -0.4 is 5.32 Å². The van der Waals surface area contributed by atoms with Crippen LogP contribution in [0.1, 0.15) is 43.4 Å². The normalized spacial score (nSPS) is 18.1. The number of piperidine rings is 1. The molecule has 0 spiro atoms. The van der Waals surface area contributed by atoms with E-state index >= 15 is 0 Å². The van der Waals surface area contributed by atoms with E-state index in [1.54, 1.807) is 12.1 Å². The fourth-order valence-corrected chi connectivity index (χ4v) is 6.47. The van der Waals surface area contributed by atoms with Crippen molar-refractivity contribution in [1.29, 1.82) is 5.26 Å². The minimum absolute atomic E-state index is 0.0139. The van der Waals surface area contributed by atoms with Gasteiger partial charge in [-0.05, 0) is 56.4 Å². The van der Waals surface area contributed by atoms with Crippen LogP contribution in [0.4, 0.5) is 0 Å². The Morgan fingerprint density at radius 3 is 2.41 bits per heavy atom. The molecule has 1 amide bonds. The zero-order chi connectivity index (χ0) is 24.3. The number of carbonyl (C=O) groups is 1. The number of nitrogens with zero attached hydrogens (tertiary/aromatic N) is 3. The van der Waals surface area contributed by atoms with Gasteiger partial charge in [-0.3, -0.25) is 9.69 Å². The lowest BCUT2D eigenvalue weighted by Gasteiger charge is -2.42. The number of fused-ring (bicyclic) bond motifs is 1. The minimum Gasteiger partial charge on any atom is -0.354 e. The number of hydrogen-bond donors (Lipinski definition) is 1. The highest BCUT2D eigenvalue weighted by Crippen LogP contribution is 2.27. The smallest absolute Gasteiger partial charge is 0.244 e. The van der Waals surface area contributed by atoms with Crippen molar-refractivity contribution in [2.24, 2.45) is 5.92 Å². The van der Waals surface area contributed by atoms with Gasteiger partial charge in [0.15, 0.2) is 0 Å². The number of amides is 1. The summed E-state index contributed by atoms with van der Waals surface area (Å²) in [6, 6.07) is 16.7. The first kappa shape index (κ1) is 24.4. The van der Waals surface area contributed by atoms with Crippen LogP contribution >= 0.6 is 0 Å². The molecule has 2 aromatic rings. The Labute approximate surface area is 202 Å². The van der Waals surface area contributed by atoms with Gasteiger partial charge in [-0.15, -0.1) is 0 Å². The van der Waals surface area contributed by atoms with Crippen molar-refractivity contribution in [3.63, 3.8) is 0 Å². The summed E-state index contributed by atoms with van der Waals surface area (Å²) < 4.78 is 27.5. The Kier molecular flexibility index (Phi) is 7.08. The van der Waals surface area contributed by atoms with Gasteiger partial charge in [0.05, 0.1) is 10.5 Å². The van der Waals surface area contributed by atoms with Crippen LogP contribution in [0.3, 0.4) is 0 Å². The molecule has 0 unspecified atom stereocenters. The molecular formula is C26H32N4O3S. The van der Waals surface area contributed by atoms with Gasteiger partial charge in [0.1, 0.15) is 6.07 Å². The maximum absolute atomic E-state index is 13.0. The molecule has 8 heteroatoms. The second-order valence-electron chi connectivity index (χ2n) is 9.76. The summed E-state index contributed by atoms with van der Waals surface area (Å²) in [6.45, 7) is 7.23. The molecule has 0 aromatic heterocycles. The molecule has 4 rings (SSSR count). The predicted molar refractivity (Wildman–Crippen MR) is 130 cm³/mol. The van der Waals surface area contributed by atoms with Crippen LogP contribution in [-0.4, -0.2) is 55.2 Å². The van der Waals surface area contributed by atoms with E-state index in [0.717, 1.165) is 19.5 Å². The summed E-state index contributed by atoms with van der Waals surface area (Å²) in [5.41, 5.74) is 2.70. The topological polar surface area (TPSA) is 93.5 Å². The summed E-state index contributed by atoms with van der Waals surface area (Å²) in [4.78, 5) is 15.4. The van der Waals surface area contributed by atoms with Gasteiger partial charge < -0.3 is 5.32 Å². The molecule has 0 aliphatic carbocycles. The van der Waals surface area contributed by atoms with Gasteiger partial charge in [0.2, 0.25) is 15.9 Å². The SMILES string of the molecule is CC(C)(CNC(=O)C1CCN(S(=O)(=O)c2ccccc2C#N)CC1)N1CCc2ccccc2C1. The molecule has 7 nitrogen and oxygen atoms in total. The van der Waals surface area contributed by atoms with E-state index < -0.39 is 10.0 Å². The van der Waals surface area contributed by atoms with E-state index in [9.17, 15) is 18.5 Å². The molecule has 1 saturated heterocycles. The van der Waals surface area contributed by atoms with Crippen LogP contribution in [0.15, 0.2) is 53.4 Å². The van der Waals surface area contributed by atoms with Crippen LogP contribution in [-0.2, 0) is 27.8 Å². The van der Waals surface area contributed by atoms with Crippen LogP contribution in [0.2, 0.25) is 0 Å². The van der Waals surface area contributed by atoms with Gasteiger partial charge in [0.25, 0.3) is 0 Å². The molecule has 2 aromatic carbocycles. The second kappa shape index (κ2) is 9.87. The van der Waals surface area contributed by atoms with Gasteiger partial charge in [-0.25, -0.2) is 8.42 Å². The van der Waals surface area contributed by atoms with Crippen LogP contribution in [0.25, 0.3) is 0 Å². The molecule has 2 aliphatic rings. The molecule has 0 saturated carbocycles. The third-order valence-electron chi connectivity index (χ3n) is 7.13. The van der Waals surface area contributed by atoms with E-state index in [1.807, 2.05) is 6.07 Å². The molecule has 2 heterocycles. The average molecular weight is 481 g/mol. The molecule has 34 heavy (non-hydrogen) atoms. The third-order valence-corrected chi connectivity index (χ3v) is 9.09. The van der Waals surface area contributed by atoms with Crippen molar-refractivity contribution in [2.45, 2.75) is 50.1 Å². The number of nitriles is 1. The van der Waals surface area contributed by atoms with E-state index in [0.29, 0.717) is 19.4 Å². The lowest BCUT2D eigenvalue weighted by Crippen LogP contribution is -2.54. The molecule has 180 valence electrons. The van der Waals surface area contributed by atoms with Crippen LogP contribution in [0.5, 0.6) is 0 Å². The Bertz CT molecular complexity index is 1190. The Hall–Kier alpha value is -2.73. The lowest BCUT2D eigenvalue weighted by atomic mass is 9.93. The summed E-state index contributed by atoms with van der Waals surface area (Å²) in [5, 5.41) is 12.4. The van der Waals surface area contributed by atoms with Gasteiger partial charge in [-0.1, -0.05) is 36.4 Å². The largest absolute Gasteiger partial charge is 0.354 e. The maximum atomic E-state index is 13.0. The average Bonchev–Trinajstić information content (AvgIpc) is 2.87. The van der Waals surface area contributed by atoms with Gasteiger partial charge in [0, 0.05) is 44.2 Å². The Morgan fingerprint density at radius 1 is 1.06 bits per heavy atom. The predicted octanol–water partition coefficient (Wildman–Crippen LogP) is 2.91. The van der Waals surface area contributed by atoms with E-state index in [2.05, 4.69) is 48.3 Å². The molecular weight excluding hydrogens is 448 g/mol. The van der Waals surface area contributed by atoms with Crippen molar-refractivity contribution < 1.29 is 13.2 Å². The zero-order valence-corrected chi connectivity index (χ0v) is 20.6. The van der Waals surface area contributed by atoms with E-state index in [-0.39, 0.29) is 40.9 Å². The van der Waals surface area contributed by atoms with Crippen molar-refractivity contribution in [2.75, 3.05) is 26.2 Å². The number of carbonyl (C=O) groups excluding carboxylic acids is 1. The summed E-state index contributed by atoms with van der Waals surface area (Å²) in [6.07, 6.45) is 1.95. The highest BCUT2D eigenvalue weighted by atomic mass is 32.2. The quantitative estimate of drug-likeness (QED) is 0.686. The standard InChI is InChI=1S/C26H32N4O3S/c1-26(2,29-14-11-20-7-3-4-9-23(20)18-29)19-28-25(31)21-12-15-30(16-13-21)34(32,33)24-10-6-5-8-22(24)17-27/h3-10,21H,11-16,18-19H2,1-2H3,(H,28,31). The number of benzene rings is 2. The second-order valence-corrected chi connectivity index (χ2v) is 11.7. The molecule has 0 radical (unpaired) electrons. The van der Waals surface area contributed by atoms with Crippen molar-refractivity contribution >= 4 is 15.9 Å². The maximum Gasteiger partial charge on any atom is 0.244 e. The molecule has 2 aliphatic heterocycles. The highest BCUT2D eigenvalue weighted by molar-refractivity contribution is 7.89. The molecule has 1 fully saturated rings. The lowest BCUT2D eigenvalue weighted by molar-refractivity contribution is -0.126. The number of nitrogens with one attached hydrogen (secondary N) is 1. The van der Waals surface area contributed by atoms with Crippen molar-refractivity contribution in [1.82, 2.24) is 14.5 Å². The first-order valence-corrected chi connectivity index (χ1v) is 13.3. The Morgan fingerprint density at radius 2 is 1.71 bits per heavy atom. The first-order valence-electron chi connectivity index (χ1n) is 11.8. The molecule has 0 bridgehead atoms. The zero-order valence-electron chi connectivity index (χ0n) is 19.8. The summed E-state index contributed by atoms with van der Waals surface area (Å²) in [5.74, 6) is -0.226. The minimum atomic E-state index is -3.76. The van der Waals surface area contributed by atoms with E-state index in [4.69, 9.17) is 0 Å². The molecule has 0 atom stereocenters. The number of rotatable bonds is 6. The third kappa shape index (κ3) is 5.02. The van der Waals surface area contributed by atoms with Crippen molar-refractivity contribution in [3.8, 4) is 6.07 Å². The fraction of sp³-hybridized carbons (Fsp3) is 0.462. The fourth-order valence-electron chi connectivity index (χ4n) is 4.85. The summed E-state index contributed by atoms with van der Waals surface area (Å²) in [7, 11) is -3.76. The van der Waals surface area contributed by atoms with Gasteiger partial charge >= 0.3 is 0 Å². The van der Waals surface area contributed by atoms with Crippen LogP contribution in [0, 0.1) is 17.2 Å². The Balaban J connectivity index is 1.31. The van der Waals surface area contributed by atoms with Crippen molar-refractivity contribution in [3.05, 3.63) is 65.2 Å². The summed E-state index contributed by atoms with van der Waals surface area (Å²) >= 11 is 0. The van der Waals surface area contributed by atoms with E-state index in [1.165, 1.54) is 27.6 Å². The monoisotopic (exact) mass is 480 g/mol. The first-order chi connectivity index (χ1) is 16.2. The number of sulfonamides is 1. The number of hydrogen-bond acceptors (Lipinski definition) is 5. The highest BCUT2D eigenvalue weighted by Gasteiger charge is 2.35.